The van der Waals surface area contributed by atoms with Crippen molar-refractivity contribution in [3.8, 4) is 0 Å². The van der Waals surface area contributed by atoms with E-state index in [9.17, 15) is 0 Å². The van der Waals surface area contributed by atoms with Crippen LogP contribution in [0.5, 0.6) is 0 Å². The van der Waals surface area contributed by atoms with Gasteiger partial charge in [-0.05, 0) is 13.0 Å². The molecule has 0 aliphatic rings. The standard InChI is InChI=1S/C11H11N3.2C2H6/c1-3-5-13-11-8(2)14-10-7-12-6-4-9(10)11;2*1-2/h3-7,14H,1H2,2H3;2*1-2H3. The molecule has 1 N–H and O–H groups in total. The van der Waals surface area contributed by atoms with Crippen LogP contribution in [0.25, 0.3) is 10.9 Å². The number of nitrogens with one attached hydrogen (secondary N) is 1. The van der Waals surface area contributed by atoms with Crippen molar-refractivity contribution in [3.05, 3.63) is 36.8 Å². The lowest BCUT2D eigenvalue weighted by Crippen LogP contribution is -1.69. The van der Waals surface area contributed by atoms with Gasteiger partial charge in [-0.25, -0.2) is 0 Å². The van der Waals surface area contributed by atoms with E-state index >= 15 is 0 Å². The van der Waals surface area contributed by atoms with Gasteiger partial charge in [-0.2, -0.15) is 0 Å². The van der Waals surface area contributed by atoms with Gasteiger partial charge in [-0.15, -0.1) is 0 Å². The predicted molar refractivity (Wildman–Crippen MR) is 81.9 cm³/mol. The van der Waals surface area contributed by atoms with Crippen molar-refractivity contribution in [1.82, 2.24) is 9.97 Å². The normalized spacial score (nSPS) is 9.39. The van der Waals surface area contributed by atoms with Crippen LogP contribution in [-0.4, -0.2) is 16.2 Å². The number of allylic oxidation sites excluding steroid dienone is 1. The number of H-pyrrole nitrogens is 1. The molecular formula is C15H23N3. The molecule has 98 valence electrons. The second-order valence-corrected chi connectivity index (χ2v) is 3.03. The number of rotatable bonds is 2. The van der Waals surface area contributed by atoms with Gasteiger partial charge >= 0.3 is 0 Å². The number of fused-ring (bicyclic) bond motifs is 1. The first-order chi connectivity index (χ1) is 8.83. The topological polar surface area (TPSA) is 41.0 Å². The van der Waals surface area contributed by atoms with Crippen molar-refractivity contribution in [2.24, 2.45) is 4.99 Å². The third-order valence-corrected chi connectivity index (χ3v) is 2.06. The maximum atomic E-state index is 4.31. The van der Waals surface area contributed by atoms with E-state index in [0.717, 1.165) is 22.3 Å². The minimum Gasteiger partial charge on any atom is -0.356 e. The molecule has 0 unspecified atom stereocenters. The Morgan fingerprint density at radius 3 is 2.56 bits per heavy atom. The average Bonchev–Trinajstić information content (AvgIpc) is 2.76. The van der Waals surface area contributed by atoms with Gasteiger partial charge in [0.05, 0.1) is 17.4 Å². The van der Waals surface area contributed by atoms with Gasteiger partial charge < -0.3 is 4.98 Å². The van der Waals surface area contributed by atoms with Crippen molar-refractivity contribution in [2.75, 3.05) is 0 Å². The lowest BCUT2D eigenvalue weighted by molar-refractivity contribution is 1.27. The van der Waals surface area contributed by atoms with Gasteiger partial charge in [-0.1, -0.05) is 40.3 Å². The Morgan fingerprint density at radius 2 is 1.94 bits per heavy atom. The van der Waals surface area contributed by atoms with Crippen LogP contribution in [0.4, 0.5) is 5.69 Å². The monoisotopic (exact) mass is 245 g/mol. The molecule has 0 aromatic carbocycles. The Hall–Kier alpha value is -1.90. The van der Waals surface area contributed by atoms with Crippen molar-refractivity contribution < 1.29 is 0 Å². The molecule has 3 heteroatoms. The minimum absolute atomic E-state index is 0.960. The summed E-state index contributed by atoms with van der Waals surface area (Å²) in [5.74, 6) is 0. The van der Waals surface area contributed by atoms with E-state index in [1.807, 2.05) is 40.7 Å². The van der Waals surface area contributed by atoms with Crippen molar-refractivity contribution >= 4 is 22.8 Å². The predicted octanol–water partition coefficient (Wildman–Crippen LogP) is 4.81. The van der Waals surface area contributed by atoms with Crippen LogP contribution >= 0.6 is 0 Å². The smallest absolute Gasteiger partial charge is 0.0913 e. The Labute approximate surface area is 110 Å². The third-order valence-electron chi connectivity index (χ3n) is 2.06. The fourth-order valence-electron chi connectivity index (χ4n) is 1.46. The molecular weight excluding hydrogens is 222 g/mol. The van der Waals surface area contributed by atoms with E-state index in [0.29, 0.717) is 0 Å². The number of aromatic nitrogens is 2. The zero-order valence-electron chi connectivity index (χ0n) is 12.0. The first-order valence-corrected chi connectivity index (χ1v) is 6.40. The highest BCUT2D eigenvalue weighted by Crippen LogP contribution is 2.28. The summed E-state index contributed by atoms with van der Waals surface area (Å²) in [4.78, 5) is 11.6. The fraction of sp³-hybridized carbons (Fsp3) is 0.333. The molecule has 2 aromatic rings. The van der Waals surface area contributed by atoms with Crippen LogP contribution in [0.3, 0.4) is 0 Å². The number of aliphatic imine (C=N–C) groups is 1. The summed E-state index contributed by atoms with van der Waals surface area (Å²) >= 11 is 0. The molecule has 3 nitrogen and oxygen atoms in total. The minimum atomic E-state index is 0.960. The first-order valence-electron chi connectivity index (χ1n) is 6.40. The molecule has 0 spiro atoms. The summed E-state index contributed by atoms with van der Waals surface area (Å²) < 4.78 is 0. The molecule has 0 radical (unpaired) electrons. The molecule has 0 bridgehead atoms. The second kappa shape index (κ2) is 9.16. The van der Waals surface area contributed by atoms with E-state index in [2.05, 4.69) is 21.5 Å². The molecule has 0 saturated heterocycles. The summed E-state index contributed by atoms with van der Waals surface area (Å²) in [6, 6.07) is 1.95. The highest BCUT2D eigenvalue weighted by Gasteiger charge is 2.05. The van der Waals surface area contributed by atoms with E-state index in [4.69, 9.17) is 0 Å². The van der Waals surface area contributed by atoms with Crippen LogP contribution in [-0.2, 0) is 0 Å². The van der Waals surface area contributed by atoms with Gasteiger partial charge in [0, 0.05) is 23.5 Å². The molecule has 2 rings (SSSR count). The number of hydrogen-bond acceptors (Lipinski definition) is 2. The molecule has 2 aromatic heterocycles. The van der Waals surface area contributed by atoms with Gasteiger partial charge in [0.15, 0.2) is 0 Å². The van der Waals surface area contributed by atoms with E-state index in [1.165, 1.54) is 0 Å². The van der Waals surface area contributed by atoms with Crippen LogP contribution in [0.1, 0.15) is 33.4 Å². The Kier molecular flexibility index (Phi) is 8.20. The summed E-state index contributed by atoms with van der Waals surface area (Å²) in [6.07, 6.45) is 6.92. The van der Waals surface area contributed by atoms with Crippen molar-refractivity contribution in [3.63, 3.8) is 0 Å². The number of nitrogens with zero attached hydrogens (tertiary/aromatic N) is 2. The van der Waals surface area contributed by atoms with Crippen molar-refractivity contribution in [2.45, 2.75) is 34.6 Å². The maximum Gasteiger partial charge on any atom is 0.0913 e. The lowest BCUT2D eigenvalue weighted by atomic mass is 10.2. The molecule has 18 heavy (non-hydrogen) atoms. The lowest BCUT2D eigenvalue weighted by Gasteiger charge is -1.90. The first kappa shape index (κ1) is 16.1. The molecule has 0 amide bonds. The molecule has 2 heterocycles. The number of pyridine rings is 1. The van der Waals surface area contributed by atoms with E-state index in [-0.39, 0.29) is 0 Å². The maximum absolute atomic E-state index is 4.31. The molecule has 0 aliphatic heterocycles. The van der Waals surface area contributed by atoms with Gasteiger partial charge in [0.1, 0.15) is 0 Å². The molecule has 0 aliphatic carbocycles. The van der Waals surface area contributed by atoms with Gasteiger partial charge in [0.25, 0.3) is 0 Å². The van der Waals surface area contributed by atoms with E-state index < -0.39 is 0 Å². The quantitative estimate of drug-likeness (QED) is 0.758. The van der Waals surface area contributed by atoms with Gasteiger partial charge in [-0.3, -0.25) is 9.98 Å². The zero-order valence-corrected chi connectivity index (χ0v) is 12.0. The summed E-state index contributed by atoms with van der Waals surface area (Å²) in [5.41, 5.74) is 3.02. The third kappa shape index (κ3) is 3.84. The number of aromatic amines is 1. The Bertz CT molecular complexity index is 495. The molecule has 0 saturated carbocycles. The van der Waals surface area contributed by atoms with E-state index in [1.54, 1.807) is 24.7 Å². The Balaban J connectivity index is 0.000000659. The summed E-state index contributed by atoms with van der Waals surface area (Å²) in [6.45, 7) is 13.6. The fourth-order valence-corrected chi connectivity index (χ4v) is 1.46. The largest absolute Gasteiger partial charge is 0.356 e. The second-order valence-electron chi connectivity index (χ2n) is 3.03. The van der Waals surface area contributed by atoms with Crippen LogP contribution in [0.2, 0.25) is 0 Å². The molecule has 0 atom stereocenters. The summed E-state index contributed by atoms with van der Waals surface area (Å²) in [7, 11) is 0. The highest BCUT2D eigenvalue weighted by atomic mass is 14.8. The van der Waals surface area contributed by atoms with Crippen molar-refractivity contribution in [1.29, 1.82) is 0 Å². The zero-order chi connectivity index (χ0) is 14.0. The van der Waals surface area contributed by atoms with Gasteiger partial charge in [0.2, 0.25) is 0 Å². The van der Waals surface area contributed by atoms with Crippen LogP contribution in [0, 0.1) is 6.92 Å². The van der Waals surface area contributed by atoms with Crippen LogP contribution in [0.15, 0.2) is 36.1 Å². The number of hydrogen-bond donors (Lipinski definition) is 1. The SMILES string of the molecule is C=CC=Nc1c(C)[nH]c2cnccc12.CC.CC. The summed E-state index contributed by atoms with van der Waals surface area (Å²) in [5, 5.41) is 1.09. The highest BCUT2D eigenvalue weighted by molar-refractivity contribution is 5.94. The molecule has 0 fully saturated rings. The number of aryl methyl sites for hydroxylation is 1. The van der Waals surface area contributed by atoms with Crippen LogP contribution < -0.4 is 0 Å². The Morgan fingerprint density at radius 1 is 1.28 bits per heavy atom. The average molecular weight is 245 g/mol.